The highest BCUT2D eigenvalue weighted by molar-refractivity contribution is 6.37. The first-order chi connectivity index (χ1) is 14.7. The van der Waals surface area contributed by atoms with Gasteiger partial charge in [0, 0.05) is 16.8 Å². The second-order valence-electron chi connectivity index (χ2n) is 7.93. The number of ketones is 1. The van der Waals surface area contributed by atoms with E-state index in [1.54, 1.807) is 38.3 Å². The van der Waals surface area contributed by atoms with E-state index < -0.39 is 11.9 Å². The fourth-order valence-corrected chi connectivity index (χ4v) is 3.57. The lowest BCUT2D eigenvalue weighted by Gasteiger charge is -2.29. The molecule has 0 aromatic heterocycles. The maximum Gasteiger partial charge on any atom is 0.397 e. The summed E-state index contributed by atoms with van der Waals surface area (Å²) in [6, 6.07) is 12.3. The molecule has 0 atom stereocenters. The summed E-state index contributed by atoms with van der Waals surface area (Å²) in [6.45, 7) is 5.80. The topological polar surface area (TPSA) is 94.1 Å². The van der Waals surface area contributed by atoms with Crippen LogP contribution in [-0.4, -0.2) is 42.6 Å². The zero-order valence-corrected chi connectivity index (χ0v) is 18.2. The number of carbonyl (C=O) groups excluding carboxylic acids is 3. The molecule has 0 spiro atoms. The van der Waals surface area contributed by atoms with Crippen molar-refractivity contribution in [3.05, 3.63) is 59.2 Å². The van der Waals surface area contributed by atoms with E-state index in [1.165, 1.54) is 0 Å². The number of fused-ring (bicyclic) bond motifs is 1. The lowest BCUT2D eigenvalue weighted by Crippen LogP contribution is -2.30. The third-order valence-electron chi connectivity index (χ3n) is 4.92. The Hall–Kier alpha value is -3.48. The van der Waals surface area contributed by atoms with Crippen molar-refractivity contribution in [2.45, 2.75) is 39.2 Å². The molecule has 0 fully saturated rings. The van der Waals surface area contributed by atoms with Crippen molar-refractivity contribution >= 4 is 29.1 Å². The molecule has 1 amide bonds. The minimum absolute atomic E-state index is 0.107. The fraction of sp³-hybridized carbons (Fsp3) is 0.333. The van der Waals surface area contributed by atoms with Gasteiger partial charge in [0.25, 0.3) is 0 Å². The number of hydrogen-bond donors (Lipinski definition) is 1. The Kier molecular flexibility index (Phi) is 6.53. The van der Waals surface area contributed by atoms with Gasteiger partial charge >= 0.3 is 11.9 Å². The number of nitrogens with one attached hydrogen (secondary N) is 1. The van der Waals surface area contributed by atoms with Crippen LogP contribution in [-0.2, 0) is 20.7 Å². The van der Waals surface area contributed by atoms with Gasteiger partial charge in [0.15, 0.2) is 5.78 Å². The minimum atomic E-state index is -0.969. The average molecular weight is 422 g/mol. The van der Waals surface area contributed by atoms with Gasteiger partial charge in [-0.1, -0.05) is 18.2 Å². The normalized spacial score (nSPS) is 14.1. The predicted molar refractivity (Wildman–Crippen MR) is 118 cm³/mol. The van der Waals surface area contributed by atoms with E-state index in [4.69, 9.17) is 9.73 Å². The van der Waals surface area contributed by atoms with Crippen molar-refractivity contribution in [1.82, 2.24) is 0 Å². The third kappa shape index (κ3) is 5.36. The van der Waals surface area contributed by atoms with Gasteiger partial charge in [-0.3, -0.25) is 14.6 Å². The van der Waals surface area contributed by atoms with E-state index in [0.29, 0.717) is 22.7 Å². The van der Waals surface area contributed by atoms with Gasteiger partial charge in [-0.2, -0.15) is 0 Å². The van der Waals surface area contributed by atoms with E-state index in [2.05, 4.69) is 10.1 Å². The van der Waals surface area contributed by atoms with Crippen LogP contribution in [0.25, 0.3) is 0 Å². The highest BCUT2D eigenvalue weighted by Gasteiger charge is 2.28. The zero-order chi connectivity index (χ0) is 22.6. The molecule has 31 heavy (non-hydrogen) atoms. The summed E-state index contributed by atoms with van der Waals surface area (Å²) in [7, 11) is 1.60. The molecule has 1 aliphatic heterocycles. The molecule has 7 nitrogen and oxygen atoms in total. The number of benzene rings is 2. The molecule has 1 N–H and O–H groups in total. The molecule has 0 bridgehead atoms. The van der Waals surface area contributed by atoms with Gasteiger partial charge in [0.05, 0.1) is 31.4 Å². The lowest BCUT2D eigenvalue weighted by atomic mass is 9.85. The molecule has 7 heteroatoms. The Morgan fingerprint density at radius 1 is 1.13 bits per heavy atom. The van der Waals surface area contributed by atoms with Crippen molar-refractivity contribution < 1.29 is 23.9 Å². The van der Waals surface area contributed by atoms with Crippen LogP contribution in [0.3, 0.4) is 0 Å². The zero-order valence-electron chi connectivity index (χ0n) is 18.2. The number of Topliss-reactive ketones (excluding diaryl/α,β-unsaturated/α-hetero) is 1. The van der Waals surface area contributed by atoms with Crippen molar-refractivity contribution in [2.24, 2.45) is 4.99 Å². The van der Waals surface area contributed by atoms with Crippen molar-refractivity contribution in [2.75, 3.05) is 19.0 Å². The number of aliphatic imine (C=N–C) groups is 1. The van der Waals surface area contributed by atoms with Gasteiger partial charge in [-0.05, 0) is 57.0 Å². The monoisotopic (exact) mass is 422 g/mol. The van der Waals surface area contributed by atoms with Gasteiger partial charge in [-0.25, -0.2) is 4.79 Å². The van der Waals surface area contributed by atoms with Crippen LogP contribution < -0.4 is 10.1 Å². The molecule has 3 rings (SSSR count). The second-order valence-corrected chi connectivity index (χ2v) is 7.93. The number of anilines is 1. The number of amides is 1. The minimum Gasteiger partial charge on any atom is -0.497 e. The largest absolute Gasteiger partial charge is 0.497 e. The molecule has 1 heterocycles. The van der Waals surface area contributed by atoms with Crippen molar-refractivity contribution in [3.8, 4) is 5.75 Å². The molecular formula is C24H26N2O5. The predicted octanol–water partition coefficient (Wildman–Crippen LogP) is 3.59. The molecule has 0 saturated heterocycles. The molecule has 1 aliphatic rings. The molecule has 0 saturated carbocycles. The van der Waals surface area contributed by atoms with Crippen LogP contribution in [0.15, 0.2) is 47.5 Å². The van der Waals surface area contributed by atoms with Crippen LogP contribution in [0.2, 0.25) is 0 Å². The fourth-order valence-electron chi connectivity index (χ4n) is 3.57. The van der Waals surface area contributed by atoms with E-state index in [0.717, 1.165) is 17.5 Å². The number of hydrogen-bond acceptors (Lipinski definition) is 6. The first-order valence-electron chi connectivity index (χ1n) is 10.1. The molecular weight excluding hydrogens is 396 g/mol. The first-order valence-corrected chi connectivity index (χ1v) is 10.1. The number of esters is 1. The number of nitrogens with zero attached hydrogens (tertiary/aromatic N) is 1. The maximum absolute atomic E-state index is 13.0. The van der Waals surface area contributed by atoms with Crippen molar-refractivity contribution in [3.63, 3.8) is 0 Å². The summed E-state index contributed by atoms with van der Waals surface area (Å²) < 4.78 is 10.0. The molecule has 2 aromatic rings. The van der Waals surface area contributed by atoms with E-state index in [9.17, 15) is 14.4 Å². The SMILES string of the molecule is CCOC(=O)C(=O)Nc1cccc(C(=O)CC2=NC(C)(C)Cc3ccc(OC)cc32)c1. The average Bonchev–Trinajstić information content (AvgIpc) is 2.73. The number of rotatable bonds is 6. The van der Waals surface area contributed by atoms with E-state index in [1.807, 2.05) is 32.0 Å². The van der Waals surface area contributed by atoms with Gasteiger partial charge in [0.2, 0.25) is 0 Å². The Labute approximate surface area is 181 Å². The second kappa shape index (κ2) is 9.12. The van der Waals surface area contributed by atoms with Gasteiger partial charge in [-0.15, -0.1) is 0 Å². The summed E-state index contributed by atoms with van der Waals surface area (Å²) in [4.78, 5) is 41.3. The Balaban J connectivity index is 1.82. The van der Waals surface area contributed by atoms with E-state index in [-0.39, 0.29) is 24.3 Å². The third-order valence-corrected chi connectivity index (χ3v) is 4.92. The standard InChI is InChI=1S/C24H26N2O5/c1-5-31-23(29)22(28)25-17-8-6-7-15(11-17)21(27)13-20-19-12-18(30-4)10-9-16(19)14-24(2,3)26-20/h6-12H,5,13-14H2,1-4H3,(H,25,28). The summed E-state index contributed by atoms with van der Waals surface area (Å²) in [5, 5.41) is 2.46. The quantitative estimate of drug-likeness (QED) is 0.436. The van der Waals surface area contributed by atoms with E-state index >= 15 is 0 Å². The highest BCUT2D eigenvalue weighted by atomic mass is 16.5. The van der Waals surface area contributed by atoms with Crippen molar-refractivity contribution in [1.29, 1.82) is 0 Å². The van der Waals surface area contributed by atoms with Crippen LogP contribution in [0, 0.1) is 0 Å². The molecule has 0 unspecified atom stereocenters. The van der Waals surface area contributed by atoms with Crippen LogP contribution in [0.1, 0.15) is 48.7 Å². The van der Waals surface area contributed by atoms with Gasteiger partial charge < -0.3 is 14.8 Å². The molecule has 162 valence electrons. The molecule has 0 radical (unpaired) electrons. The lowest BCUT2D eigenvalue weighted by molar-refractivity contribution is -0.152. The number of methoxy groups -OCH3 is 1. The summed E-state index contributed by atoms with van der Waals surface area (Å²) in [5.41, 5.74) is 3.19. The number of ether oxygens (including phenoxy) is 2. The van der Waals surface area contributed by atoms with Crippen LogP contribution >= 0.6 is 0 Å². The Morgan fingerprint density at radius 3 is 2.61 bits per heavy atom. The van der Waals surface area contributed by atoms with Crippen LogP contribution in [0.4, 0.5) is 5.69 Å². The Morgan fingerprint density at radius 2 is 1.90 bits per heavy atom. The smallest absolute Gasteiger partial charge is 0.397 e. The van der Waals surface area contributed by atoms with Gasteiger partial charge in [0.1, 0.15) is 5.75 Å². The maximum atomic E-state index is 13.0. The molecule has 2 aromatic carbocycles. The highest BCUT2D eigenvalue weighted by Crippen LogP contribution is 2.31. The summed E-state index contributed by atoms with van der Waals surface area (Å²) >= 11 is 0. The Bertz CT molecular complexity index is 1060. The summed E-state index contributed by atoms with van der Waals surface area (Å²) in [6.07, 6.45) is 0.887. The molecule has 0 aliphatic carbocycles. The van der Waals surface area contributed by atoms with Crippen LogP contribution in [0.5, 0.6) is 5.75 Å². The number of carbonyl (C=O) groups is 3. The summed E-state index contributed by atoms with van der Waals surface area (Å²) in [5.74, 6) is -1.28. The first kappa shape index (κ1) is 22.2.